The summed E-state index contributed by atoms with van der Waals surface area (Å²) in [6.07, 6.45) is 2.02. The summed E-state index contributed by atoms with van der Waals surface area (Å²) >= 11 is 1.05. The predicted octanol–water partition coefficient (Wildman–Crippen LogP) is 3.30. The number of aryl methyl sites for hydroxylation is 1. The number of fused-ring (bicyclic) bond motifs is 1. The first-order chi connectivity index (χ1) is 14.8. The van der Waals surface area contributed by atoms with Crippen molar-refractivity contribution in [3.63, 3.8) is 0 Å². The van der Waals surface area contributed by atoms with E-state index in [1.54, 1.807) is 49.2 Å². The highest BCUT2D eigenvalue weighted by molar-refractivity contribution is 8.17. The van der Waals surface area contributed by atoms with E-state index in [0.717, 1.165) is 17.3 Å². The third-order valence-corrected chi connectivity index (χ3v) is 5.86. The highest BCUT2D eigenvalue weighted by Gasteiger charge is 2.25. The Balaban J connectivity index is 1.90. The van der Waals surface area contributed by atoms with Gasteiger partial charge in [-0.3, -0.25) is 14.4 Å². The molecule has 162 valence electrons. The zero-order valence-corrected chi connectivity index (χ0v) is 18.5. The summed E-state index contributed by atoms with van der Waals surface area (Å²) in [7, 11) is 0. The molecule has 1 aliphatic heterocycles. The third-order valence-electron chi connectivity index (χ3n) is 4.69. The molecule has 1 aromatic heterocycles. The largest absolute Gasteiger partial charge is 0.466 e. The number of aromatic nitrogens is 2. The van der Waals surface area contributed by atoms with Crippen molar-refractivity contribution in [2.45, 2.75) is 33.7 Å². The first kappa shape index (κ1) is 22.5. The third kappa shape index (κ3) is 5.91. The summed E-state index contributed by atoms with van der Waals surface area (Å²) in [6.45, 7) is 5.40. The van der Waals surface area contributed by atoms with Crippen LogP contribution in [0.1, 0.15) is 42.0 Å². The molecule has 0 radical (unpaired) electrons. The number of anilines is 1. The Morgan fingerprint density at radius 2 is 1.97 bits per heavy atom. The highest BCUT2D eigenvalue weighted by Crippen LogP contribution is 2.31. The zero-order valence-electron chi connectivity index (χ0n) is 17.7. The number of esters is 1. The van der Waals surface area contributed by atoms with Gasteiger partial charge in [-0.05, 0) is 25.6 Å². The van der Waals surface area contributed by atoms with Crippen LogP contribution in [-0.4, -0.2) is 45.0 Å². The molecular weight excluding hydrogens is 416 g/mol. The van der Waals surface area contributed by atoms with Gasteiger partial charge in [-0.15, -0.1) is 0 Å². The van der Waals surface area contributed by atoms with E-state index in [-0.39, 0.29) is 30.7 Å². The summed E-state index contributed by atoms with van der Waals surface area (Å²) in [5.74, 6) is 0.704. The number of benzene rings is 1. The Hall–Kier alpha value is -3.20. The SMILES string of the molecule is CC(=O)OCC/C(SC(=O)c1ccccc1)=C(\C)N1Cc2cnc(C)nc2NCC1=O. The van der Waals surface area contributed by atoms with Crippen LogP contribution in [0.15, 0.2) is 47.1 Å². The molecular formula is C22H24N4O4S. The number of thioether (sulfide) groups is 1. The Morgan fingerprint density at radius 1 is 1.23 bits per heavy atom. The normalized spacial score (nSPS) is 14.2. The van der Waals surface area contributed by atoms with E-state index in [1.807, 2.05) is 6.07 Å². The van der Waals surface area contributed by atoms with Crippen LogP contribution < -0.4 is 5.32 Å². The highest BCUT2D eigenvalue weighted by atomic mass is 32.2. The quantitative estimate of drug-likeness (QED) is 0.683. The second-order valence-corrected chi connectivity index (χ2v) is 8.05. The van der Waals surface area contributed by atoms with Crippen LogP contribution in [-0.2, 0) is 20.9 Å². The number of carbonyl (C=O) groups is 3. The fourth-order valence-corrected chi connectivity index (χ4v) is 3.99. The number of allylic oxidation sites excluding steroid dienone is 1. The summed E-state index contributed by atoms with van der Waals surface area (Å²) in [5, 5.41) is 2.92. The van der Waals surface area contributed by atoms with Gasteiger partial charge in [0, 0.05) is 41.3 Å². The Morgan fingerprint density at radius 3 is 2.68 bits per heavy atom. The molecule has 0 aliphatic carbocycles. The molecule has 1 N–H and O–H groups in total. The van der Waals surface area contributed by atoms with Gasteiger partial charge in [0.1, 0.15) is 11.6 Å². The van der Waals surface area contributed by atoms with Gasteiger partial charge in [-0.1, -0.05) is 30.3 Å². The minimum Gasteiger partial charge on any atom is -0.466 e. The molecule has 0 fully saturated rings. The molecule has 3 rings (SSSR count). The molecule has 1 aliphatic rings. The first-order valence-corrected chi connectivity index (χ1v) is 10.6. The van der Waals surface area contributed by atoms with Gasteiger partial charge < -0.3 is 15.0 Å². The van der Waals surface area contributed by atoms with Crippen molar-refractivity contribution in [2.75, 3.05) is 18.5 Å². The lowest BCUT2D eigenvalue weighted by Crippen LogP contribution is -2.32. The molecule has 2 heterocycles. The maximum absolute atomic E-state index is 12.9. The lowest BCUT2D eigenvalue weighted by Gasteiger charge is -2.24. The molecule has 0 spiro atoms. The van der Waals surface area contributed by atoms with Crippen LogP contribution in [0.25, 0.3) is 0 Å². The number of nitrogens with zero attached hydrogens (tertiary/aromatic N) is 3. The van der Waals surface area contributed by atoms with E-state index >= 15 is 0 Å². The van der Waals surface area contributed by atoms with Crippen LogP contribution in [0.4, 0.5) is 5.82 Å². The number of rotatable bonds is 6. The lowest BCUT2D eigenvalue weighted by atomic mass is 10.2. The number of hydrogen-bond acceptors (Lipinski definition) is 8. The monoisotopic (exact) mass is 440 g/mol. The zero-order chi connectivity index (χ0) is 22.4. The number of carbonyl (C=O) groups excluding carboxylic acids is 3. The molecule has 8 nitrogen and oxygen atoms in total. The molecule has 1 aromatic carbocycles. The Kier molecular flexibility index (Phi) is 7.41. The van der Waals surface area contributed by atoms with Gasteiger partial charge in [0.25, 0.3) is 0 Å². The molecule has 0 unspecified atom stereocenters. The van der Waals surface area contributed by atoms with Gasteiger partial charge in [0.15, 0.2) is 0 Å². The average Bonchev–Trinajstić information content (AvgIpc) is 2.91. The fourth-order valence-electron chi connectivity index (χ4n) is 3.07. The molecule has 2 aromatic rings. The van der Waals surface area contributed by atoms with E-state index in [9.17, 15) is 14.4 Å². The molecule has 31 heavy (non-hydrogen) atoms. The van der Waals surface area contributed by atoms with Gasteiger partial charge in [-0.2, -0.15) is 0 Å². The minimum atomic E-state index is -0.395. The Labute approximate surface area is 185 Å². The molecule has 0 bridgehead atoms. The topological polar surface area (TPSA) is 101 Å². The van der Waals surface area contributed by atoms with E-state index < -0.39 is 5.97 Å². The van der Waals surface area contributed by atoms with Crippen LogP contribution >= 0.6 is 11.8 Å². The van der Waals surface area contributed by atoms with Crippen LogP contribution in [0.3, 0.4) is 0 Å². The minimum absolute atomic E-state index is 0.0787. The van der Waals surface area contributed by atoms with Crippen molar-refractivity contribution in [1.82, 2.24) is 14.9 Å². The lowest BCUT2D eigenvalue weighted by molar-refractivity contribution is -0.140. The molecule has 0 saturated heterocycles. The maximum Gasteiger partial charge on any atom is 0.302 e. The van der Waals surface area contributed by atoms with Crippen molar-refractivity contribution in [2.24, 2.45) is 0 Å². The van der Waals surface area contributed by atoms with E-state index in [0.29, 0.717) is 34.2 Å². The second-order valence-electron chi connectivity index (χ2n) is 6.98. The summed E-state index contributed by atoms with van der Waals surface area (Å²) in [4.78, 5) is 47.8. The number of amides is 1. The summed E-state index contributed by atoms with van der Waals surface area (Å²) in [5.41, 5.74) is 1.99. The van der Waals surface area contributed by atoms with Gasteiger partial charge in [0.2, 0.25) is 11.0 Å². The Bertz CT molecular complexity index is 1020. The first-order valence-electron chi connectivity index (χ1n) is 9.82. The maximum atomic E-state index is 12.9. The number of nitrogens with one attached hydrogen (secondary N) is 1. The number of ether oxygens (including phenoxy) is 1. The smallest absolute Gasteiger partial charge is 0.302 e. The van der Waals surface area contributed by atoms with Gasteiger partial charge in [0.05, 0.1) is 19.7 Å². The van der Waals surface area contributed by atoms with Crippen molar-refractivity contribution < 1.29 is 19.1 Å². The van der Waals surface area contributed by atoms with Crippen LogP contribution in [0, 0.1) is 6.92 Å². The molecule has 1 amide bonds. The van der Waals surface area contributed by atoms with Gasteiger partial charge >= 0.3 is 5.97 Å². The molecule has 0 saturated carbocycles. The fraction of sp³-hybridized carbons (Fsp3) is 0.318. The van der Waals surface area contributed by atoms with E-state index in [1.165, 1.54) is 6.92 Å². The standard InChI is InChI=1S/C22H24N4O4S/c1-14(26-13-18-11-23-15(2)25-21(18)24-12-20(26)28)19(9-10-30-16(3)27)31-22(29)17-7-5-4-6-8-17/h4-8,11H,9-10,12-13H2,1-3H3,(H,23,24,25)/b19-14-. The van der Waals surface area contributed by atoms with Crippen LogP contribution in [0.2, 0.25) is 0 Å². The molecule has 9 heteroatoms. The predicted molar refractivity (Wildman–Crippen MR) is 118 cm³/mol. The van der Waals surface area contributed by atoms with Crippen molar-refractivity contribution >= 4 is 34.6 Å². The van der Waals surface area contributed by atoms with Crippen molar-refractivity contribution in [3.05, 3.63) is 64.1 Å². The summed E-state index contributed by atoms with van der Waals surface area (Å²) < 4.78 is 5.08. The average molecular weight is 441 g/mol. The molecule has 0 atom stereocenters. The van der Waals surface area contributed by atoms with Gasteiger partial charge in [-0.25, -0.2) is 9.97 Å². The van der Waals surface area contributed by atoms with E-state index in [4.69, 9.17) is 4.74 Å². The van der Waals surface area contributed by atoms with E-state index in [2.05, 4.69) is 15.3 Å². The van der Waals surface area contributed by atoms with Crippen LogP contribution in [0.5, 0.6) is 0 Å². The number of hydrogen-bond donors (Lipinski definition) is 1. The summed E-state index contributed by atoms with van der Waals surface area (Å²) in [6, 6.07) is 8.92. The van der Waals surface area contributed by atoms with Crippen molar-refractivity contribution in [3.8, 4) is 0 Å². The second kappa shape index (κ2) is 10.2. The van der Waals surface area contributed by atoms with Crippen molar-refractivity contribution in [1.29, 1.82) is 0 Å².